The van der Waals surface area contributed by atoms with Gasteiger partial charge in [-0.15, -0.1) is 0 Å². The average molecular weight is 195 g/mol. The van der Waals surface area contributed by atoms with Crippen molar-refractivity contribution in [2.24, 2.45) is 5.10 Å². The van der Waals surface area contributed by atoms with E-state index in [2.05, 4.69) is 17.2 Å². The molecule has 14 heavy (non-hydrogen) atoms. The lowest BCUT2D eigenvalue weighted by Gasteiger charge is -2.12. The van der Waals surface area contributed by atoms with E-state index in [1.165, 1.54) is 12.2 Å². The normalized spacial score (nSPS) is 14.7. The van der Waals surface area contributed by atoms with Gasteiger partial charge in [0.15, 0.2) is 0 Å². The molecule has 1 rings (SSSR count). The lowest BCUT2D eigenvalue weighted by molar-refractivity contribution is -0.137. The van der Waals surface area contributed by atoms with E-state index in [-0.39, 0.29) is 18.9 Å². The molecule has 1 aliphatic heterocycles. The van der Waals surface area contributed by atoms with Crippen molar-refractivity contribution in [3.8, 4) is 0 Å². The van der Waals surface area contributed by atoms with Gasteiger partial charge in [0.1, 0.15) is 0 Å². The molecule has 0 saturated carbocycles. The maximum absolute atomic E-state index is 11.0. The molecule has 1 heterocycles. The van der Waals surface area contributed by atoms with Gasteiger partial charge in [-0.05, 0) is 0 Å². The number of nitrogens with one attached hydrogen (secondary N) is 1. The monoisotopic (exact) mass is 195 g/mol. The summed E-state index contributed by atoms with van der Waals surface area (Å²) in [5.41, 5.74) is 2.10. The van der Waals surface area contributed by atoms with Crippen LogP contribution in [-0.4, -0.2) is 35.9 Å². The van der Waals surface area contributed by atoms with E-state index in [0.29, 0.717) is 0 Å². The molecule has 0 fully saturated rings. The number of imide groups is 1. The third-order valence-corrected chi connectivity index (χ3v) is 1.67. The summed E-state index contributed by atoms with van der Waals surface area (Å²) < 4.78 is 0. The molecule has 1 N–H and O–H groups in total. The molecule has 0 aromatic carbocycles. The highest BCUT2D eigenvalue weighted by atomic mass is 16.2. The Balaban J connectivity index is 2.39. The van der Waals surface area contributed by atoms with Crippen molar-refractivity contribution in [1.29, 1.82) is 0 Å². The Morgan fingerprint density at radius 2 is 2.00 bits per heavy atom. The van der Waals surface area contributed by atoms with Crippen LogP contribution < -0.4 is 5.43 Å². The molecule has 1 aliphatic rings. The van der Waals surface area contributed by atoms with Crippen LogP contribution in [0.4, 0.5) is 0 Å². The summed E-state index contributed by atoms with van der Waals surface area (Å²) in [6.07, 6.45) is 2.37. The number of hydrogen-bond acceptors (Lipinski definition) is 4. The van der Waals surface area contributed by atoms with Crippen molar-refractivity contribution < 1.29 is 14.4 Å². The van der Waals surface area contributed by atoms with E-state index in [0.717, 1.165) is 4.90 Å². The van der Waals surface area contributed by atoms with Crippen molar-refractivity contribution in [3.05, 3.63) is 12.2 Å². The van der Waals surface area contributed by atoms with E-state index >= 15 is 0 Å². The standard InChI is InChI=1S/C8H9N3O3/c1-9-10-6(12)4-5-11-7(13)2-3-8(11)14/h2-3H,1,4-5H2,(H,10,12). The zero-order valence-electron chi connectivity index (χ0n) is 7.40. The van der Waals surface area contributed by atoms with Crippen LogP contribution in [0.2, 0.25) is 0 Å². The SMILES string of the molecule is C=NNC(=O)CCN1C(=O)C=CC1=O. The predicted octanol–water partition coefficient (Wildman–Crippen LogP) is -0.967. The zero-order valence-corrected chi connectivity index (χ0v) is 7.40. The van der Waals surface area contributed by atoms with E-state index in [9.17, 15) is 14.4 Å². The van der Waals surface area contributed by atoms with Crippen LogP contribution in [0, 0.1) is 0 Å². The van der Waals surface area contributed by atoms with Crippen LogP contribution in [0.5, 0.6) is 0 Å². The fourth-order valence-electron chi connectivity index (χ4n) is 1.01. The van der Waals surface area contributed by atoms with Crippen LogP contribution >= 0.6 is 0 Å². The first-order valence-corrected chi connectivity index (χ1v) is 3.93. The first-order chi connectivity index (χ1) is 6.65. The Kier molecular flexibility index (Phi) is 3.11. The van der Waals surface area contributed by atoms with Crippen LogP contribution in [0.3, 0.4) is 0 Å². The number of hydrogen-bond donors (Lipinski definition) is 1. The van der Waals surface area contributed by atoms with E-state index in [1.807, 2.05) is 0 Å². The predicted molar refractivity (Wildman–Crippen MR) is 48.2 cm³/mol. The second-order valence-electron chi connectivity index (χ2n) is 2.60. The molecule has 0 unspecified atom stereocenters. The van der Waals surface area contributed by atoms with Gasteiger partial charge in [0.25, 0.3) is 11.8 Å². The summed E-state index contributed by atoms with van der Waals surface area (Å²) in [5, 5.41) is 3.17. The Morgan fingerprint density at radius 1 is 1.43 bits per heavy atom. The Morgan fingerprint density at radius 3 is 2.50 bits per heavy atom. The van der Waals surface area contributed by atoms with Crippen molar-refractivity contribution in [2.75, 3.05) is 6.54 Å². The quantitative estimate of drug-likeness (QED) is 0.356. The van der Waals surface area contributed by atoms with Crippen LogP contribution in [0.1, 0.15) is 6.42 Å². The smallest absolute Gasteiger partial charge is 0.253 e. The Hall–Kier alpha value is -1.98. The summed E-state index contributed by atoms with van der Waals surface area (Å²) in [6, 6.07) is 0. The topological polar surface area (TPSA) is 78.8 Å². The van der Waals surface area contributed by atoms with Crippen molar-refractivity contribution in [3.63, 3.8) is 0 Å². The molecule has 0 aliphatic carbocycles. The molecule has 6 nitrogen and oxygen atoms in total. The molecule has 3 amide bonds. The molecule has 0 aromatic rings. The van der Waals surface area contributed by atoms with Crippen LogP contribution in [0.15, 0.2) is 17.3 Å². The Bertz CT molecular complexity index is 304. The molecular formula is C8H9N3O3. The van der Waals surface area contributed by atoms with Gasteiger partial charge in [0.2, 0.25) is 5.91 Å². The molecule has 0 aromatic heterocycles. The fraction of sp³-hybridized carbons (Fsp3) is 0.250. The average Bonchev–Trinajstić information content (AvgIpc) is 2.44. The third kappa shape index (κ3) is 2.25. The van der Waals surface area contributed by atoms with Crippen molar-refractivity contribution >= 4 is 24.4 Å². The number of nitrogens with zero attached hydrogens (tertiary/aromatic N) is 2. The molecule has 0 bridgehead atoms. The van der Waals surface area contributed by atoms with Crippen molar-refractivity contribution in [1.82, 2.24) is 10.3 Å². The van der Waals surface area contributed by atoms with Gasteiger partial charge >= 0.3 is 0 Å². The van der Waals surface area contributed by atoms with E-state index in [1.54, 1.807) is 0 Å². The summed E-state index contributed by atoms with van der Waals surface area (Å²) >= 11 is 0. The molecule has 0 radical (unpaired) electrons. The highest BCUT2D eigenvalue weighted by Crippen LogP contribution is 2.03. The number of amides is 3. The highest BCUT2D eigenvalue weighted by molar-refractivity contribution is 6.13. The summed E-state index contributed by atoms with van der Waals surface area (Å²) in [7, 11) is 0. The largest absolute Gasteiger partial charge is 0.275 e. The highest BCUT2D eigenvalue weighted by Gasteiger charge is 2.23. The molecule has 6 heteroatoms. The first kappa shape index (κ1) is 10.1. The lowest BCUT2D eigenvalue weighted by atomic mass is 10.4. The molecule has 0 spiro atoms. The second kappa shape index (κ2) is 4.31. The van der Waals surface area contributed by atoms with Gasteiger partial charge in [-0.1, -0.05) is 0 Å². The lowest BCUT2D eigenvalue weighted by Crippen LogP contribution is -2.33. The van der Waals surface area contributed by atoms with Gasteiger partial charge in [-0.25, -0.2) is 5.43 Å². The van der Waals surface area contributed by atoms with Gasteiger partial charge < -0.3 is 0 Å². The van der Waals surface area contributed by atoms with E-state index < -0.39 is 11.8 Å². The molecular weight excluding hydrogens is 186 g/mol. The van der Waals surface area contributed by atoms with Gasteiger partial charge in [0, 0.05) is 31.8 Å². The minimum absolute atomic E-state index is 0.0260. The Labute approximate surface area is 80.3 Å². The first-order valence-electron chi connectivity index (χ1n) is 3.93. The zero-order chi connectivity index (χ0) is 10.6. The molecule has 0 atom stereocenters. The summed E-state index contributed by atoms with van der Waals surface area (Å²) in [5.74, 6) is -1.17. The van der Waals surface area contributed by atoms with Crippen LogP contribution in [-0.2, 0) is 14.4 Å². The summed E-state index contributed by atoms with van der Waals surface area (Å²) in [4.78, 5) is 33.9. The number of rotatable bonds is 4. The molecule has 0 saturated heterocycles. The minimum Gasteiger partial charge on any atom is -0.275 e. The minimum atomic E-state index is -0.394. The van der Waals surface area contributed by atoms with Gasteiger partial charge in [-0.3, -0.25) is 19.3 Å². The number of carbonyl (C=O) groups is 3. The van der Waals surface area contributed by atoms with Gasteiger partial charge in [0.05, 0.1) is 0 Å². The number of carbonyl (C=O) groups excluding carboxylic acids is 3. The second-order valence-corrected chi connectivity index (χ2v) is 2.60. The fourth-order valence-corrected chi connectivity index (χ4v) is 1.01. The summed E-state index contributed by atoms with van der Waals surface area (Å²) in [6.45, 7) is 3.13. The third-order valence-electron chi connectivity index (χ3n) is 1.67. The van der Waals surface area contributed by atoms with Crippen molar-refractivity contribution in [2.45, 2.75) is 6.42 Å². The number of hydrazone groups is 1. The maximum atomic E-state index is 11.0. The molecule has 74 valence electrons. The van der Waals surface area contributed by atoms with Gasteiger partial charge in [-0.2, -0.15) is 5.10 Å². The van der Waals surface area contributed by atoms with E-state index in [4.69, 9.17) is 0 Å². The maximum Gasteiger partial charge on any atom is 0.253 e. The van der Waals surface area contributed by atoms with Crippen LogP contribution in [0.25, 0.3) is 0 Å².